The third-order valence-electron chi connectivity index (χ3n) is 4.47. The van der Waals surface area contributed by atoms with Crippen molar-refractivity contribution in [3.8, 4) is 11.3 Å². The number of hydrogen-bond donors (Lipinski definition) is 2. The third kappa shape index (κ3) is 3.55. The second kappa shape index (κ2) is 7.37. The fourth-order valence-electron chi connectivity index (χ4n) is 3.05. The Hall–Kier alpha value is -3.71. The van der Waals surface area contributed by atoms with E-state index in [9.17, 15) is 9.59 Å². The molecule has 0 aliphatic heterocycles. The summed E-state index contributed by atoms with van der Waals surface area (Å²) in [5, 5.41) is 3.41. The molecule has 0 saturated carbocycles. The highest BCUT2D eigenvalue weighted by Gasteiger charge is 2.19. The first-order valence-corrected chi connectivity index (χ1v) is 9.12. The Kier molecular flexibility index (Phi) is 4.74. The van der Waals surface area contributed by atoms with Gasteiger partial charge in [0.15, 0.2) is 11.3 Å². The summed E-state index contributed by atoms with van der Waals surface area (Å²) in [5.41, 5.74) is 8.71. The summed E-state index contributed by atoms with van der Waals surface area (Å²) in [6.07, 6.45) is 1.47. The van der Waals surface area contributed by atoms with Crippen LogP contribution in [0.1, 0.15) is 26.5 Å². The number of nitrogens with one attached hydrogen (secondary N) is 1. The van der Waals surface area contributed by atoms with Crippen molar-refractivity contribution in [2.24, 2.45) is 5.73 Å². The molecule has 2 aromatic heterocycles. The molecule has 0 bridgehead atoms. The molecule has 8 heteroatoms. The SMILES string of the molecule is Cc1cc(Cl)ccc1NC(=O)c1cc(-c2ccccc2)n2cnc(C(N)=O)c2n1. The van der Waals surface area contributed by atoms with E-state index in [1.165, 1.54) is 6.33 Å². The summed E-state index contributed by atoms with van der Waals surface area (Å²) in [4.78, 5) is 33.1. The van der Waals surface area contributed by atoms with Gasteiger partial charge in [0.2, 0.25) is 0 Å². The summed E-state index contributed by atoms with van der Waals surface area (Å²) in [6.45, 7) is 1.84. The minimum absolute atomic E-state index is 0.000459. The molecule has 2 heterocycles. The van der Waals surface area contributed by atoms with Gasteiger partial charge < -0.3 is 11.1 Å². The predicted octanol–water partition coefficient (Wildman–Crippen LogP) is 3.71. The van der Waals surface area contributed by atoms with Gasteiger partial charge in [0, 0.05) is 10.7 Å². The predicted molar refractivity (Wildman–Crippen MR) is 111 cm³/mol. The lowest BCUT2D eigenvalue weighted by atomic mass is 10.1. The zero-order chi connectivity index (χ0) is 20.5. The largest absolute Gasteiger partial charge is 0.364 e. The monoisotopic (exact) mass is 405 g/mol. The number of aryl methyl sites for hydroxylation is 1. The Bertz CT molecular complexity index is 1250. The number of nitrogens with zero attached hydrogens (tertiary/aromatic N) is 3. The van der Waals surface area contributed by atoms with Crippen molar-refractivity contribution in [2.45, 2.75) is 6.92 Å². The number of carbonyl (C=O) groups is 2. The molecule has 0 spiro atoms. The lowest BCUT2D eigenvalue weighted by Gasteiger charge is -2.11. The number of anilines is 1. The minimum atomic E-state index is -0.717. The maximum atomic E-state index is 12.9. The van der Waals surface area contributed by atoms with E-state index in [1.807, 2.05) is 37.3 Å². The molecular weight excluding hydrogens is 390 g/mol. The van der Waals surface area contributed by atoms with Crippen LogP contribution < -0.4 is 11.1 Å². The quantitative estimate of drug-likeness (QED) is 0.540. The topological polar surface area (TPSA) is 102 Å². The molecule has 7 nitrogen and oxygen atoms in total. The first-order valence-electron chi connectivity index (χ1n) is 8.75. The van der Waals surface area contributed by atoms with Gasteiger partial charge in [0.1, 0.15) is 12.0 Å². The van der Waals surface area contributed by atoms with Crippen LogP contribution in [0.5, 0.6) is 0 Å². The van der Waals surface area contributed by atoms with Gasteiger partial charge in [-0.15, -0.1) is 0 Å². The number of fused-ring (bicyclic) bond motifs is 1. The summed E-state index contributed by atoms with van der Waals surface area (Å²) < 4.78 is 1.64. The van der Waals surface area contributed by atoms with Gasteiger partial charge in [-0.2, -0.15) is 0 Å². The molecule has 0 atom stereocenters. The lowest BCUT2D eigenvalue weighted by Crippen LogP contribution is -2.17. The van der Waals surface area contributed by atoms with E-state index >= 15 is 0 Å². The number of imidazole rings is 1. The van der Waals surface area contributed by atoms with Crippen molar-refractivity contribution in [1.29, 1.82) is 0 Å². The van der Waals surface area contributed by atoms with Gasteiger partial charge >= 0.3 is 0 Å². The second-order valence-corrected chi connectivity index (χ2v) is 6.89. The number of halogens is 1. The number of rotatable bonds is 4. The average Bonchev–Trinajstić information content (AvgIpc) is 3.14. The van der Waals surface area contributed by atoms with Gasteiger partial charge in [-0.3, -0.25) is 14.0 Å². The zero-order valence-corrected chi connectivity index (χ0v) is 16.1. The molecule has 4 aromatic rings. The molecule has 3 N–H and O–H groups in total. The highest BCUT2D eigenvalue weighted by molar-refractivity contribution is 6.30. The Labute approximate surface area is 171 Å². The maximum absolute atomic E-state index is 12.9. The molecule has 0 saturated heterocycles. The second-order valence-electron chi connectivity index (χ2n) is 6.46. The van der Waals surface area contributed by atoms with Gasteiger partial charge in [0.25, 0.3) is 11.8 Å². The Morgan fingerprint density at radius 2 is 1.86 bits per heavy atom. The number of hydrogen-bond acceptors (Lipinski definition) is 4. The molecule has 2 aromatic carbocycles. The third-order valence-corrected chi connectivity index (χ3v) is 4.71. The Balaban J connectivity index is 1.84. The van der Waals surface area contributed by atoms with E-state index in [0.717, 1.165) is 11.1 Å². The van der Waals surface area contributed by atoms with Crippen LogP contribution in [-0.4, -0.2) is 26.2 Å². The molecule has 144 valence electrons. The molecule has 0 unspecified atom stereocenters. The van der Waals surface area contributed by atoms with Crippen LogP contribution >= 0.6 is 11.6 Å². The number of amides is 2. The highest BCUT2D eigenvalue weighted by atomic mass is 35.5. The molecule has 4 rings (SSSR count). The molecular formula is C21H16ClN5O2. The molecule has 29 heavy (non-hydrogen) atoms. The van der Waals surface area contributed by atoms with E-state index in [4.69, 9.17) is 17.3 Å². The van der Waals surface area contributed by atoms with Gasteiger partial charge in [-0.25, -0.2) is 9.97 Å². The molecule has 2 amide bonds. The van der Waals surface area contributed by atoms with Crippen molar-refractivity contribution in [3.63, 3.8) is 0 Å². The van der Waals surface area contributed by atoms with E-state index in [1.54, 1.807) is 28.7 Å². The fraction of sp³-hybridized carbons (Fsp3) is 0.0476. The van der Waals surface area contributed by atoms with Gasteiger partial charge in [-0.1, -0.05) is 41.9 Å². The number of nitrogens with two attached hydrogens (primary N) is 1. The van der Waals surface area contributed by atoms with E-state index in [0.29, 0.717) is 16.4 Å². The maximum Gasteiger partial charge on any atom is 0.274 e. The smallest absolute Gasteiger partial charge is 0.274 e. The van der Waals surface area contributed by atoms with Crippen LogP contribution in [0.15, 0.2) is 60.9 Å². The highest BCUT2D eigenvalue weighted by Crippen LogP contribution is 2.24. The van der Waals surface area contributed by atoms with Crippen LogP contribution in [-0.2, 0) is 0 Å². The summed E-state index contributed by atoms with van der Waals surface area (Å²) >= 11 is 5.98. The number of carbonyl (C=O) groups excluding carboxylic acids is 2. The average molecular weight is 406 g/mol. The van der Waals surface area contributed by atoms with E-state index in [2.05, 4.69) is 15.3 Å². The normalized spacial score (nSPS) is 10.8. The van der Waals surface area contributed by atoms with E-state index in [-0.39, 0.29) is 17.0 Å². The number of benzene rings is 2. The summed E-state index contributed by atoms with van der Waals surface area (Å²) in [7, 11) is 0. The van der Waals surface area contributed by atoms with Crippen molar-refractivity contribution in [1.82, 2.24) is 14.4 Å². The summed E-state index contributed by atoms with van der Waals surface area (Å²) in [5.74, 6) is -1.14. The van der Waals surface area contributed by atoms with Crippen LogP contribution in [0.25, 0.3) is 16.9 Å². The first-order chi connectivity index (χ1) is 13.9. The van der Waals surface area contributed by atoms with Crippen LogP contribution in [0, 0.1) is 6.92 Å². The van der Waals surface area contributed by atoms with Crippen molar-refractivity contribution in [2.75, 3.05) is 5.32 Å². The number of aromatic nitrogens is 3. The Morgan fingerprint density at radius 1 is 1.10 bits per heavy atom. The Morgan fingerprint density at radius 3 is 2.55 bits per heavy atom. The van der Waals surface area contributed by atoms with Gasteiger partial charge in [0.05, 0.1) is 5.69 Å². The summed E-state index contributed by atoms with van der Waals surface area (Å²) in [6, 6.07) is 16.3. The van der Waals surface area contributed by atoms with Crippen molar-refractivity contribution < 1.29 is 9.59 Å². The molecule has 0 radical (unpaired) electrons. The van der Waals surface area contributed by atoms with Crippen LogP contribution in [0.4, 0.5) is 5.69 Å². The van der Waals surface area contributed by atoms with Crippen molar-refractivity contribution in [3.05, 3.63) is 82.9 Å². The molecule has 0 aliphatic carbocycles. The van der Waals surface area contributed by atoms with E-state index < -0.39 is 11.8 Å². The van der Waals surface area contributed by atoms with Crippen LogP contribution in [0.3, 0.4) is 0 Å². The van der Waals surface area contributed by atoms with Gasteiger partial charge in [-0.05, 0) is 42.3 Å². The first kappa shape index (κ1) is 18.6. The minimum Gasteiger partial charge on any atom is -0.364 e. The van der Waals surface area contributed by atoms with Crippen molar-refractivity contribution >= 4 is 34.7 Å². The fourth-order valence-corrected chi connectivity index (χ4v) is 3.27. The molecule has 0 fully saturated rings. The number of primary amides is 1. The standard InChI is InChI=1S/C21H16ClN5O2/c1-12-9-14(22)7-8-15(12)26-21(29)16-10-17(13-5-3-2-4-6-13)27-11-24-18(19(23)28)20(27)25-16/h2-11H,1H3,(H2,23,28)(H,26,29). The molecule has 0 aliphatic rings. The van der Waals surface area contributed by atoms with Crippen LogP contribution in [0.2, 0.25) is 5.02 Å². The lowest BCUT2D eigenvalue weighted by molar-refractivity contribution is 0.0993. The zero-order valence-electron chi connectivity index (χ0n) is 15.4.